The fourth-order valence-electron chi connectivity index (χ4n) is 2.46. The fraction of sp³-hybridized carbons (Fsp3) is 0.158. The maximum Gasteiger partial charge on any atom is 0.138 e. The SMILES string of the molecule is COC(C)(/C=C/c1ccc(-n2cncn2)cc1)c1cc(Cl)cc(Cl)c1. The molecule has 25 heavy (non-hydrogen) atoms. The Labute approximate surface area is 156 Å². The van der Waals surface area contributed by atoms with Crippen molar-refractivity contribution in [3.05, 3.63) is 82.4 Å². The van der Waals surface area contributed by atoms with E-state index in [1.54, 1.807) is 24.2 Å². The van der Waals surface area contributed by atoms with Gasteiger partial charge < -0.3 is 4.74 Å². The minimum atomic E-state index is -0.640. The zero-order valence-corrected chi connectivity index (χ0v) is 15.4. The van der Waals surface area contributed by atoms with Crippen LogP contribution < -0.4 is 0 Å². The van der Waals surface area contributed by atoms with Gasteiger partial charge in [-0.1, -0.05) is 41.4 Å². The predicted molar refractivity (Wildman–Crippen MR) is 101 cm³/mol. The first-order chi connectivity index (χ1) is 12.0. The van der Waals surface area contributed by atoms with Crippen LogP contribution in [0.2, 0.25) is 10.0 Å². The van der Waals surface area contributed by atoms with Crippen molar-refractivity contribution in [1.82, 2.24) is 14.8 Å². The fourth-order valence-corrected chi connectivity index (χ4v) is 2.98. The Balaban J connectivity index is 1.85. The maximum absolute atomic E-state index is 6.12. The number of ether oxygens (including phenoxy) is 1. The maximum atomic E-state index is 6.12. The zero-order chi connectivity index (χ0) is 17.9. The largest absolute Gasteiger partial charge is 0.370 e. The molecule has 1 heterocycles. The van der Waals surface area contributed by atoms with Crippen LogP contribution in [0.5, 0.6) is 0 Å². The van der Waals surface area contributed by atoms with Gasteiger partial charge >= 0.3 is 0 Å². The molecule has 3 aromatic rings. The van der Waals surface area contributed by atoms with Crippen molar-refractivity contribution in [2.75, 3.05) is 7.11 Å². The van der Waals surface area contributed by atoms with Crippen molar-refractivity contribution in [2.45, 2.75) is 12.5 Å². The van der Waals surface area contributed by atoms with E-state index >= 15 is 0 Å². The van der Waals surface area contributed by atoms with Gasteiger partial charge in [0.25, 0.3) is 0 Å². The van der Waals surface area contributed by atoms with Crippen LogP contribution in [0.3, 0.4) is 0 Å². The highest BCUT2D eigenvalue weighted by Gasteiger charge is 2.23. The van der Waals surface area contributed by atoms with Gasteiger partial charge in [-0.3, -0.25) is 0 Å². The molecule has 0 fully saturated rings. The Morgan fingerprint density at radius 2 is 1.76 bits per heavy atom. The van der Waals surface area contributed by atoms with Crippen molar-refractivity contribution in [2.24, 2.45) is 0 Å². The Bertz CT molecular complexity index is 856. The van der Waals surface area contributed by atoms with Gasteiger partial charge in [0.05, 0.1) is 5.69 Å². The number of nitrogens with zero attached hydrogens (tertiary/aromatic N) is 3. The lowest BCUT2D eigenvalue weighted by molar-refractivity contribution is 0.0469. The summed E-state index contributed by atoms with van der Waals surface area (Å²) in [5, 5.41) is 5.27. The summed E-state index contributed by atoms with van der Waals surface area (Å²) in [6, 6.07) is 13.4. The average molecular weight is 374 g/mol. The Kier molecular flexibility index (Phi) is 5.23. The van der Waals surface area contributed by atoms with Gasteiger partial charge in [0.1, 0.15) is 18.3 Å². The number of aromatic nitrogens is 3. The molecule has 0 N–H and O–H groups in total. The van der Waals surface area contributed by atoms with E-state index in [1.807, 2.05) is 55.5 Å². The van der Waals surface area contributed by atoms with Crippen LogP contribution in [0.25, 0.3) is 11.8 Å². The zero-order valence-electron chi connectivity index (χ0n) is 13.9. The van der Waals surface area contributed by atoms with E-state index in [0.717, 1.165) is 16.8 Å². The van der Waals surface area contributed by atoms with Crippen LogP contribution in [-0.2, 0) is 10.3 Å². The number of benzene rings is 2. The summed E-state index contributed by atoms with van der Waals surface area (Å²) >= 11 is 12.2. The van der Waals surface area contributed by atoms with E-state index in [9.17, 15) is 0 Å². The van der Waals surface area contributed by atoms with Crippen molar-refractivity contribution in [3.63, 3.8) is 0 Å². The summed E-state index contributed by atoms with van der Waals surface area (Å²) in [5.41, 5.74) is 2.24. The molecule has 0 spiro atoms. The van der Waals surface area contributed by atoms with Crippen LogP contribution in [-0.4, -0.2) is 21.9 Å². The first-order valence-electron chi connectivity index (χ1n) is 7.66. The van der Waals surface area contributed by atoms with Gasteiger partial charge in [-0.2, -0.15) is 5.10 Å². The normalized spacial score (nSPS) is 13.9. The van der Waals surface area contributed by atoms with Gasteiger partial charge in [0, 0.05) is 17.2 Å². The van der Waals surface area contributed by atoms with E-state index in [-0.39, 0.29) is 0 Å². The lowest BCUT2D eigenvalue weighted by Gasteiger charge is -2.25. The quantitative estimate of drug-likeness (QED) is 0.620. The van der Waals surface area contributed by atoms with E-state index in [2.05, 4.69) is 10.1 Å². The van der Waals surface area contributed by atoms with Crippen LogP contribution in [0.1, 0.15) is 18.1 Å². The monoisotopic (exact) mass is 373 g/mol. The molecule has 0 saturated heterocycles. The molecule has 0 amide bonds. The van der Waals surface area contributed by atoms with Gasteiger partial charge in [-0.05, 0) is 54.5 Å². The molecule has 0 saturated carbocycles. The van der Waals surface area contributed by atoms with Crippen LogP contribution >= 0.6 is 23.2 Å². The second kappa shape index (κ2) is 7.40. The van der Waals surface area contributed by atoms with Gasteiger partial charge in [0.2, 0.25) is 0 Å². The second-order valence-electron chi connectivity index (χ2n) is 5.73. The average Bonchev–Trinajstić information content (AvgIpc) is 3.14. The van der Waals surface area contributed by atoms with Crippen LogP contribution in [0, 0.1) is 0 Å². The Morgan fingerprint density at radius 3 is 2.32 bits per heavy atom. The van der Waals surface area contributed by atoms with Crippen molar-refractivity contribution >= 4 is 29.3 Å². The van der Waals surface area contributed by atoms with Crippen LogP contribution in [0.15, 0.2) is 61.2 Å². The standard InChI is InChI=1S/C19H17Cl2N3O/c1-19(25-2,15-9-16(20)11-17(21)10-15)8-7-14-3-5-18(6-4-14)24-13-22-12-23-24/h3-13H,1-2H3/b8-7+. The molecule has 128 valence electrons. The molecule has 6 heteroatoms. The number of hydrogen-bond donors (Lipinski definition) is 0. The minimum absolute atomic E-state index is 0.580. The summed E-state index contributed by atoms with van der Waals surface area (Å²) in [5.74, 6) is 0. The smallest absolute Gasteiger partial charge is 0.138 e. The highest BCUT2D eigenvalue weighted by atomic mass is 35.5. The van der Waals surface area contributed by atoms with E-state index in [1.165, 1.54) is 6.33 Å². The summed E-state index contributed by atoms with van der Waals surface area (Å²) in [6.07, 6.45) is 7.16. The highest BCUT2D eigenvalue weighted by molar-refractivity contribution is 6.34. The Morgan fingerprint density at radius 1 is 1.08 bits per heavy atom. The van der Waals surface area contributed by atoms with E-state index in [4.69, 9.17) is 27.9 Å². The molecule has 3 rings (SSSR count). The van der Waals surface area contributed by atoms with Crippen LogP contribution in [0.4, 0.5) is 0 Å². The van der Waals surface area contributed by atoms with Crippen molar-refractivity contribution in [1.29, 1.82) is 0 Å². The molecule has 0 aliphatic heterocycles. The first kappa shape index (κ1) is 17.7. The van der Waals surface area contributed by atoms with Gasteiger partial charge in [-0.15, -0.1) is 0 Å². The lowest BCUT2D eigenvalue weighted by atomic mass is 9.94. The first-order valence-corrected chi connectivity index (χ1v) is 8.42. The van der Waals surface area contributed by atoms with Crippen molar-refractivity contribution < 1.29 is 4.74 Å². The summed E-state index contributed by atoms with van der Waals surface area (Å²) in [4.78, 5) is 3.95. The minimum Gasteiger partial charge on any atom is -0.370 e. The number of hydrogen-bond acceptors (Lipinski definition) is 3. The molecule has 0 aliphatic rings. The van der Waals surface area contributed by atoms with E-state index in [0.29, 0.717) is 10.0 Å². The molecule has 0 radical (unpaired) electrons. The van der Waals surface area contributed by atoms with Gasteiger partial charge in [0.15, 0.2) is 0 Å². The Hall–Kier alpha value is -2.14. The molecule has 0 aliphatic carbocycles. The lowest BCUT2D eigenvalue weighted by Crippen LogP contribution is -2.21. The number of halogens is 2. The molecule has 1 unspecified atom stereocenters. The third-order valence-electron chi connectivity index (χ3n) is 4.03. The number of rotatable bonds is 5. The molecular weight excluding hydrogens is 357 g/mol. The van der Waals surface area contributed by atoms with Crippen molar-refractivity contribution in [3.8, 4) is 5.69 Å². The van der Waals surface area contributed by atoms with Gasteiger partial charge in [-0.25, -0.2) is 9.67 Å². The summed E-state index contributed by atoms with van der Waals surface area (Å²) in [7, 11) is 1.66. The predicted octanol–water partition coefficient (Wildman–Crippen LogP) is 5.15. The highest BCUT2D eigenvalue weighted by Crippen LogP contribution is 2.31. The molecule has 2 aromatic carbocycles. The number of methoxy groups -OCH3 is 1. The summed E-state index contributed by atoms with van der Waals surface area (Å²) in [6.45, 7) is 1.97. The summed E-state index contributed by atoms with van der Waals surface area (Å²) < 4.78 is 7.42. The topological polar surface area (TPSA) is 39.9 Å². The molecule has 1 aromatic heterocycles. The molecule has 1 atom stereocenters. The van der Waals surface area contributed by atoms with E-state index < -0.39 is 5.60 Å². The molecule has 0 bridgehead atoms. The molecular formula is C19H17Cl2N3O. The third-order valence-corrected chi connectivity index (χ3v) is 4.47. The third kappa shape index (κ3) is 4.10. The second-order valence-corrected chi connectivity index (χ2v) is 6.61. The molecule has 4 nitrogen and oxygen atoms in total.